The molecule has 3 rings (SSSR count). The number of pyridine rings is 2. The van der Waals surface area contributed by atoms with Crippen LogP contribution in [0, 0.1) is 0 Å². The molecule has 1 aliphatic rings. The van der Waals surface area contributed by atoms with Crippen LogP contribution in [0.2, 0.25) is 0 Å². The van der Waals surface area contributed by atoms with Crippen molar-refractivity contribution >= 4 is 23.3 Å². The Morgan fingerprint density at radius 2 is 2.17 bits per heavy atom. The maximum Gasteiger partial charge on any atom is 0.270 e. The molecule has 1 amide bonds. The molecule has 24 heavy (non-hydrogen) atoms. The molecule has 0 aromatic carbocycles. The van der Waals surface area contributed by atoms with Crippen molar-refractivity contribution in [2.75, 3.05) is 7.11 Å². The minimum atomic E-state index is -0.181. The highest BCUT2D eigenvalue weighted by Gasteiger charge is 2.30. The Bertz CT molecular complexity index is 770. The van der Waals surface area contributed by atoms with Gasteiger partial charge in [0.05, 0.1) is 30.2 Å². The summed E-state index contributed by atoms with van der Waals surface area (Å²) in [6.07, 6.45) is 4.88. The van der Waals surface area contributed by atoms with Crippen LogP contribution in [0.15, 0.2) is 41.7 Å². The summed E-state index contributed by atoms with van der Waals surface area (Å²) in [5.74, 6) is 0.513. The van der Waals surface area contributed by atoms with Crippen molar-refractivity contribution in [1.29, 1.82) is 0 Å². The number of nitrogens with one attached hydrogen (secondary N) is 1. The van der Waals surface area contributed by atoms with E-state index in [2.05, 4.69) is 37.7 Å². The van der Waals surface area contributed by atoms with Gasteiger partial charge in [0.1, 0.15) is 11.4 Å². The minimum Gasteiger partial charge on any atom is -0.495 e. The molecule has 6 nitrogen and oxygen atoms in total. The number of carbonyl (C=O) groups excluding carboxylic acids is 1. The van der Waals surface area contributed by atoms with Gasteiger partial charge in [-0.2, -0.15) is 0 Å². The van der Waals surface area contributed by atoms with Crippen LogP contribution in [0.25, 0.3) is 11.3 Å². The fourth-order valence-corrected chi connectivity index (χ4v) is 2.65. The van der Waals surface area contributed by atoms with Gasteiger partial charge in [0.25, 0.3) is 5.91 Å². The number of hydrogen-bond acceptors (Lipinski definition) is 6. The maximum atomic E-state index is 12.2. The molecule has 0 spiro atoms. The fraction of sp³-hybridized carbons (Fsp3) is 0.294. The zero-order valence-corrected chi connectivity index (χ0v) is 13.9. The number of amides is 1. The summed E-state index contributed by atoms with van der Waals surface area (Å²) in [5.41, 5.74) is 2.00. The van der Waals surface area contributed by atoms with E-state index in [0.717, 1.165) is 24.1 Å². The molecule has 2 aromatic heterocycles. The summed E-state index contributed by atoms with van der Waals surface area (Å²) in [7, 11) is 1.59. The first-order valence-corrected chi connectivity index (χ1v) is 7.94. The lowest BCUT2D eigenvalue weighted by Crippen LogP contribution is -2.46. The summed E-state index contributed by atoms with van der Waals surface area (Å²) >= 11 is 4.57. The zero-order valence-electron chi connectivity index (χ0n) is 13.1. The number of carbonyl (C=O) groups is 1. The molecule has 1 saturated carbocycles. The number of methoxy groups -OCH3 is 1. The molecule has 0 bridgehead atoms. The second-order valence-corrected chi connectivity index (χ2v) is 5.71. The highest BCUT2D eigenvalue weighted by atomic mass is 32.1. The summed E-state index contributed by atoms with van der Waals surface area (Å²) in [6, 6.07) is 7.52. The number of aliphatic imine (C=N–C) groups is 1. The third-order valence-corrected chi connectivity index (χ3v) is 4.05. The average Bonchev–Trinajstić information content (AvgIpc) is 2.60. The number of nitrogens with zero attached hydrogens (tertiary/aromatic N) is 3. The first kappa shape index (κ1) is 16.2. The standard InChI is InChI=1S/C17H16N4O2S.H2/c1-23-14-3-5-15(19-9-14)11-2-4-16(18-8-11)17(22)21-13-6-12(7-13)20-10-24;/h2-5,8-9,12-13H,6-7H2,1H3,(H,21,22);1H. The van der Waals surface area contributed by atoms with Gasteiger partial charge in [-0.25, -0.2) is 4.99 Å². The molecule has 0 unspecified atom stereocenters. The Hall–Kier alpha value is -2.63. The van der Waals surface area contributed by atoms with Gasteiger partial charge in [-0.15, -0.1) is 0 Å². The van der Waals surface area contributed by atoms with Crippen molar-refractivity contribution in [3.05, 3.63) is 42.4 Å². The molecule has 2 aromatic rings. The summed E-state index contributed by atoms with van der Waals surface area (Å²) in [6.45, 7) is 0. The quantitative estimate of drug-likeness (QED) is 0.668. The number of isothiocyanates is 1. The number of thiocarbonyl (C=S) groups is 1. The van der Waals surface area contributed by atoms with Gasteiger partial charge in [-0.3, -0.25) is 14.8 Å². The Morgan fingerprint density at radius 3 is 2.75 bits per heavy atom. The molecule has 0 atom stereocenters. The fourth-order valence-electron chi connectivity index (χ4n) is 2.50. The van der Waals surface area contributed by atoms with Crippen molar-refractivity contribution in [2.45, 2.75) is 24.9 Å². The predicted octanol–water partition coefficient (Wildman–Crippen LogP) is 2.76. The molecule has 2 heterocycles. The van der Waals surface area contributed by atoms with E-state index in [1.165, 1.54) is 0 Å². The summed E-state index contributed by atoms with van der Waals surface area (Å²) in [4.78, 5) is 24.7. The molecule has 1 aliphatic carbocycles. The highest BCUT2D eigenvalue weighted by Crippen LogP contribution is 2.23. The summed E-state index contributed by atoms with van der Waals surface area (Å²) in [5, 5.41) is 5.31. The molecule has 0 saturated heterocycles. The zero-order chi connectivity index (χ0) is 16.9. The molecule has 7 heteroatoms. The average molecular weight is 342 g/mol. The molecule has 0 aliphatic heterocycles. The van der Waals surface area contributed by atoms with Crippen molar-refractivity contribution in [2.24, 2.45) is 4.99 Å². The Balaban J connectivity index is 0.00000225. The van der Waals surface area contributed by atoms with Gasteiger partial charge >= 0.3 is 0 Å². The smallest absolute Gasteiger partial charge is 0.270 e. The van der Waals surface area contributed by atoms with Gasteiger partial charge in [-0.1, -0.05) is 0 Å². The van der Waals surface area contributed by atoms with Gasteiger partial charge in [0.15, 0.2) is 0 Å². The van der Waals surface area contributed by atoms with Gasteiger partial charge < -0.3 is 10.1 Å². The second-order valence-electron chi connectivity index (χ2n) is 5.53. The number of aromatic nitrogens is 2. The maximum absolute atomic E-state index is 12.2. The van der Waals surface area contributed by atoms with Crippen LogP contribution in [0.1, 0.15) is 24.8 Å². The van der Waals surface area contributed by atoms with E-state index in [0.29, 0.717) is 11.4 Å². The number of ether oxygens (including phenoxy) is 1. The van der Waals surface area contributed by atoms with Crippen LogP contribution >= 0.6 is 12.2 Å². The van der Waals surface area contributed by atoms with Crippen LogP contribution in [0.4, 0.5) is 0 Å². The Labute approximate surface area is 146 Å². The van der Waals surface area contributed by atoms with Crippen molar-refractivity contribution in [3.63, 3.8) is 0 Å². The number of rotatable bonds is 5. The largest absolute Gasteiger partial charge is 0.495 e. The van der Waals surface area contributed by atoms with E-state index < -0.39 is 0 Å². The molecular weight excluding hydrogens is 324 g/mol. The predicted molar refractivity (Wildman–Crippen MR) is 95.4 cm³/mol. The van der Waals surface area contributed by atoms with E-state index in [1.807, 2.05) is 18.2 Å². The minimum absolute atomic E-state index is 0. The topological polar surface area (TPSA) is 76.5 Å². The van der Waals surface area contributed by atoms with E-state index in [1.54, 1.807) is 25.6 Å². The lowest BCUT2D eigenvalue weighted by Gasteiger charge is -2.32. The first-order valence-electron chi connectivity index (χ1n) is 7.54. The molecule has 0 radical (unpaired) electrons. The van der Waals surface area contributed by atoms with E-state index in [-0.39, 0.29) is 19.4 Å². The van der Waals surface area contributed by atoms with Crippen LogP contribution in [-0.4, -0.2) is 40.2 Å². The van der Waals surface area contributed by atoms with Gasteiger partial charge in [0, 0.05) is 19.2 Å². The monoisotopic (exact) mass is 342 g/mol. The first-order chi connectivity index (χ1) is 11.7. The van der Waals surface area contributed by atoms with Crippen LogP contribution in [0.3, 0.4) is 0 Å². The number of hydrogen-bond donors (Lipinski definition) is 1. The van der Waals surface area contributed by atoms with Crippen molar-refractivity contribution in [1.82, 2.24) is 15.3 Å². The SMILES string of the molecule is COc1ccc(-c2ccc(C(=O)NC3CC(N=C=S)C3)nc2)nc1.[HH]. The normalized spacial score (nSPS) is 18.9. The Morgan fingerprint density at radius 1 is 1.33 bits per heavy atom. The third-order valence-electron chi connectivity index (χ3n) is 3.95. The van der Waals surface area contributed by atoms with Crippen molar-refractivity contribution in [3.8, 4) is 17.0 Å². The Kier molecular flexibility index (Phi) is 4.93. The molecule has 1 fully saturated rings. The second kappa shape index (κ2) is 7.29. The van der Waals surface area contributed by atoms with Crippen LogP contribution < -0.4 is 10.1 Å². The lowest BCUT2D eigenvalue weighted by molar-refractivity contribution is 0.0905. The van der Waals surface area contributed by atoms with Gasteiger partial charge in [0.2, 0.25) is 0 Å². The van der Waals surface area contributed by atoms with E-state index in [9.17, 15) is 4.79 Å². The molecular formula is C17H18N4O2S. The van der Waals surface area contributed by atoms with E-state index >= 15 is 0 Å². The van der Waals surface area contributed by atoms with Crippen LogP contribution in [0.5, 0.6) is 5.75 Å². The summed E-state index contributed by atoms with van der Waals surface area (Å²) < 4.78 is 5.08. The van der Waals surface area contributed by atoms with E-state index in [4.69, 9.17) is 4.74 Å². The molecule has 1 N–H and O–H groups in total. The van der Waals surface area contributed by atoms with Crippen LogP contribution in [-0.2, 0) is 0 Å². The van der Waals surface area contributed by atoms with Crippen molar-refractivity contribution < 1.29 is 11.0 Å². The lowest BCUT2D eigenvalue weighted by atomic mass is 9.87. The van der Waals surface area contributed by atoms with Gasteiger partial charge in [-0.05, 0) is 49.3 Å². The highest BCUT2D eigenvalue weighted by molar-refractivity contribution is 7.78. The molecule has 124 valence electrons. The third kappa shape index (κ3) is 3.64.